The summed E-state index contributed by atoms with van der Waals surface area (Å²) in [5.41, 5.74) is -0.722. The van der Waals surface area contributed by atoms with Gasteiger partial charge < -0.3 is 4.74 Å². The molecule has 0 N–H and O–H groups in total. The highest BCUT2D eigenvalue weighted by Crippen LogP contribution is 2.23. The standard InChI is InChI=1S/C14H27Cl2O3P/c1-3-5-6-7-8-9-10-12(15)11-13(18-4-2)14(16)19-20-17/h12-14H,3-11H2,1-2H3. The molecule has 0 aromatic heterocycles. The summed E-state index contributed by atoms with van der Waals surface area (Å²) in [6, 6.07) is 0. The van der Waals surface area contributed by atoms with E-state index >= 15 is 0 Å². The Morgan fingerprint density at radius 1 is 1.05 bits per heavy atom. The van der Waals surface area contributed by atoms with E-state index in [0.717, 1.165) is 12.8 Å². The minimum Gasteiger partial charge on any atom is -0.374 e. The van der Waals surface area contributed by atoms with Crippen LogP contribution in [0.2, 0.25) is 0 Å². The van der Waals surface area contributed by atoms with Crippen LogP contribution in [0.4, 0.5) is 0 Å². The Bertz CT molecular complexity index is 232. The first-order valence-electron chi connectivity index (χ1n) is 7.53. The van der Waals surface area contributed by atoms with Gasteiger partial charge in [-0.1, -0.05) is 57.0 Å². The summed E-state index contributed by atoms with van der Waals surface area (Å²) in [5.74, 6) is 0. The van der Waals surface area contributed by atoms with Crippen LogP contribution in [0.5, 0.6) is 0 Å². The number of ether oxygens (including phenoxy) is 1. The molecule has 20 heavy (non-hydrogen) atoms. The molecule has 0 aromatic rings. The highest BCUT2D eigenvalue weighted by Gasteiger charge is 2.24. The SMILES string of the molecule is CCCCCCCCC(Cl)CC(OCC)C(Cl)OP=O. The second-order valence-corrected chi connectivity index (χ2v) is 6.32. The van der Waals surface area contributed by atoms with Gasteiger partial charge in [0.05, 0.1) is 6.10 Å². The van der Waals surface area contributed by atoms with Gasteiger partial charge >= 0.3 is 8.69 Å². The zero-order valence-corrected chi connectivity index (χ0v) is 14.9. The van der Waals surface area contributed by atoms with Crippen LogP contribution in [0.25, 0.3) is 0 Å². The molecule has 120 valence electrons. The van der Waals surface area contributed by atoms with Gasteiger partial charge in [0, 0.05) is 12.0 Å². The van der Waals surface area contributed by atoms with Gasteiger partial charge in [-0.3, -0.25) is 4.52 Å². The van der Waals surface area contributed by atoms with Gasteiger partial charge in [-0.05, 0) is 19.8 Å². The lowest BCUT2D eigenvalue weighted by molar-refractivity contribution is 0.00921. The van der Waals surface area contributed by atoms with Crippen LogP contribution >= 0.6 is 31.9 Å². The first-order chi connectivity index (χ1) is 9.65. The lowest BCUT2D eigenvalue weighted by Gasteiger charge is -2.22. The molecule has 3 unspecified atom stereocenters. The molecular weight excluding hydrogens is 318 g/mol. The van der Waals surface area contributed by atoms with Gasteiger partial charge in [-0.2, -0.15) is 0 Å². The van der Waals surface area contributed by atoms with Gasteiger partial charge in [-0.15, -0.1) is 11.6 Å². The van der Waals surface area contributed by atoms with Crippen molar-refractivity contribution in [1.29, 1.82) is 0 Å². The first kappa shape index (κ1) is 20.6. The van der Waals surface area contributed by atoms with E-state index in [1.807, 2.05) is 6.92 Å². The molecule has 6 heteroatoms. The summed E-state index contributed by atoms with van der Waals surface area (Å²) in [6.07, 6.45) is 8.79. The third kappa shape index (κ3) is 11.3. The molecule has 0 radical (unpaired) electrons. The topological polar surface area (TPSA) is 35.5 Å². The van der Waals surface area contributed by atoms with E-state index in [0.29, 0.717) is 13.0 Å². The quantitative estimate of drug-likeness (QED) is 0.222. The largest absolute Gasteiger partial charge is 0.374 e. The molecule has 0 aliphatic carbocycles. The monoisotopic (exact) mass is 344 g/mol. The van der Waals surface area contributed by atoms with Crippen molar-refractivity contribution >= 4 is 31.9 Å². The van der Waals surface area contributed by atoms with Crippen LogP contribution in [-0.2, 0) is 13.8 Å². The number of unbranched alkanes of at least 4 members (excludes halogenated alkanes) is 5. The molecule has 0 heterocycles. The molecule has 3 nitrogen and oxygen atoms in total. The molecule has 0 aliphatic rings. The zero-order valence-electron chi connectivity index (χ0n) is 12.5. The minimum atomic E-state index is -0.722. The molecule has 0 saturated carbocycles. The zero-order chi connectivity index (χ0) is 15.2. The van der Waals surface area contributed by atoms with Crippen LogP contribution in [0.3, 0.4) is 0 Å². The summed E-state index contributed by atoms with van der Waals surface area (Å²) in [6.45, 7) is 4.64. The van der Waals surface area contributed by atoms with Crippen molar-refractivity contribution in [1.82, 2.24) is 0 Å². The van der Waals surface area contributed by atoms with Crippen molar-refractivity contribution in [3.8, 4) is 0 Å². The van der Waals surface area contributed by atoms with Crippen molar-refractivity contribution < 1.29 is 13.8 Å². The molecule has 0 rings (SSSR count). The second kappa shape index (κ2) is 14.5. The highest BCUT2D eigenvalue weighted by atomic mass is 35.5. The Kier molecular flexibility index (Phi) is 15.0. The van der Waals surface area contributed by atoms with Gasteiger partial charge in [0.15, 0.2) is 5.56 Å². The fourth-order valence-electron chi connectivity index (χ4n) is 2.09. The van der Waals surface area contributed by atoms with Gasteiger partial charge in [0.25, 0.3) is 0 Å². The smallest absolute Gasteiger partial charge is 0.328 e. The summed E-state index contributed by atoms with van der Waals surface area (Å²) < 4.78 is 20.7. The maximum absolute atomic E-state index is 10.4. The lowest BCUT2D eigenvalue weighted by atomic mass is 10.1. The molecule has 0 bridgehead atoms. The van der Waals surface area contributed by atoms with Crippen LogP contribution in [0.15, 0.2) is 0 Å². The van der Waals surface area contributed by atoms with E-state index in [4.69, 9.17) is 32.5 Å². The molecule has 0 fully saturated rings. The van der Waals surface area contributed by atoms with Crippen molar-refractivity contribution in [2.75, 3.05) is 6.61 Å². The Morgan fingerprint density at radius 3 is 2.30 bits per heavy atom. The average molecular weight is 345 g/mol. The van der Waals surface area contributed by atoms with Crippen molar-refractivity contribution in [3.05, 3.63) is 0 Å². The fraction of sp³-hybridized carbons (Fsp3) is 1.00. The van der Waals surface area contributed by atoms with E-state index in [-0.39, 0.29) is 11.5 Å². The van der Waals surface area contributed by atoms with E-state index in [1.165, 1.54) is 32.1 Å². The molecule has 3 atom stereocenters. The molecule has 0 aromatic carbocycles. The van der Waals surface area contributed by atoms with E-state index in [2.05, 4.69) is 6.92 Å². The molecular formula is C14H27Cl2O3P. The van der Waals surface area contributed by atoms with Crippen LogP contribution in [0.1, 0.15) is 65.2 Å². The number of hydrogen-bond donors (Lipinski definition) is 0. The number of hydrogen-bond acceptors (Lipinski definition) is 3. The lowest BCUT2D eigenvalue weighted by Crippen LogP contribution is -2.28. The van der Waals surface area contributed by atoms with Crippen LogP contribution in [-0.4, -0.2) is 23.7 Å². The predicted octanol–water partition coefficient (Wildman–Crippen LogP) is 5.93. The summed E-state index contributed by atoms with van der Waals surface area (Å²) in [4.78, 5) is 0. The summed E-state index contributed by atoms with van der Waals surface area (Å²) >= 11 is 12.3. The molecule has 0 saturated heterocycles. The third-order valence-electron chi connectivity index (χ3n) is 3.18. The van der Waals surface area contributed by atoms with Gasteiger partial charge in [-0.25, -0.2) is 4.57 Å². The van der Waals surface area contributed by atoms with Crippen LogP contribution < -0.4 is 0 Å². The van der Waals surface area contributed by atoms with Crippen molar-refractivity contribution in [3.63, 3.8) is 0 Å². The normalized spacial score (nSPS) is 16.2. The predicted molar refractivity (Wildman–Crippen MR) is 86.0 cm³/mol. The molecule has 0 amide bonds. The van der Waals surface area contributed by atoms with E-state index in [1.54, 1.807) is 0 Å². The highest BCUT2D eigenvalue weighted by molar-refractivity contribution is 7.17. The van der Waals surface area contributed by atoms with Crippen LogP contribution in [0, 0.1) is 0 Å². The number of alkyl halides is 2. The number of rotatable bonds is 14. The van der Waals surface area contributed by atoms with Gasteiger partial charge in [0.1, 0.15) is 0 Å². The van der Waals surface area contributed by atoms with Crippen molar-refractivity contribution in [2.24, 2.45) is 0 Å². The fourth-order valence-corrected chi connectivity index (χ4v) is 2.91. The number of halogens is 2. The Hall–Kier alpha value is 0.600. The van der Waals surface area contributed by atoms with Gasteiger partial charge in [0.2, 0.25) is 0 Å². The maximum Gasteiger partial charge on any atom is 0.328 e. The summed E-state index contributed by atoms with van der Waals surface area (Å²) in [5, 5.41) is 0.0193. The van der Waals surface area contributed by atoms with E-state index < -0.39 is 14.3 Å². The Morgan fingerprint density at radius 2 is 1.70 bits per heavy atom. The average Bonchev–Trinajstić information content (AvgIpc) is 2.42. The maximum atomic E-state index is 10.4. The molecule has 0 aliphatic heterocycles. The van der Waals surface area contributed by atoms with E-state index in [9.17, 15) is 4.57 Å². The first-order valence-corrected chi connectivity index (χ1v) is 9.14. The molecule has 0 spiro atoms. The Labute approximate surface area is 135 Å². The summed E-state index contributed by atoms with van der Waals surface area (Å²) in [7, 11) is -0.429. The van der Waals surface area contributed by atoms with Crippen molar-refractivity contribution in [2.45, 2.75) is 82.3 Å². The third-order valence-corrected chi connectivity index (χ3v) is 4.38. The minimum absolute atomic E-state index is 0.0193. The Balaban J connectivity index is 3.82. The second-order valence-electron chi connectivity index (χ2n) is 4.91.